The first kappa shape index (κ1) is 23.8. The summed E-state index contributed by atoms with van der Waals surface area (Å²) in [6, 6.07) is 19.4. The number of hydrogen-bond acceptors (Lipinski definition) is 4. The Hall–Kier alpha value is -3.39. The number of hydrogen-bond donors (Lipinski definition) is 1. The second-order valence-corrected chi connectivity index (χ2v) is 10.2. The maximum Gasteiger partial charge on any atom is 0.261 e. The van der Waals surface area contributed by atoms with Crippen LogP contribution in [0.5, 0.6) is 0 Å². The molecule has 4 rings (SSSR count). The van der Waals surface area contributed by atoms with Crippen LogP contribution in [0.3, 0.4) is 0 Å². The first-order valence-electron chi connectivity index (χ1n) is 11.3. The molecule has 1 amide bonds. The van der Waals surface area contributed by atoms with Gasteiger partial charge in [-0.3, -0.25) is 9.52 Å². The van der Waals surface area contributed by atoms with Crippen LogP contribution in [0.1, 0.15) is 35.2 Å². The van der Waals surface area contributed by atoms with Gasteiger partial charge in [-0.15, -0.1) is 0 Å². The van der Waals surface area contributed by atoms with E-state index in [9.17, 15) is 17.6 Å². The Balaban J connectivity index is 1.39. The summed E-state index contributed by atoms with van der Waals surface area (Å²) >= 11 is 0. The van der Waals surface area contributed by atoms with Crippen LogP contribution in [0.4, 0.5) is 15.8 Å². The van der Waals surface area contributed by atoms with Gasteiger partial charge in [0, 0.05) is 37.9 Å². The van der Waals surface area contributed by atoms with E-state index in [1.807, 2.05) is 12.1 Å². The normalized spacial score (nSPS) is 14.0. The third-order valence-electron chi connectivity index (χ3n) is 5.95. The van der Waals surface area contributed by atoms with Gasteiger partial charge in [0.2, 0.25) is 0 Å². The molecule has 1 heterocycles. The highest BCUT2D eigenvalue weighted by Gasteiger charge is 2.18. The van der Waals surface area contributed by atoms with E-state index in [-0.39, 0.29) is 16.5 Å². The standard InChI is InChI=1S/C26H28FN3O3S/c1-29(19-20-9-13-22(14-10-20)30-17-5-2-6-18-30)26(31)21-11-15-23(16-12-21)34(32,33)28-25-8-4-3-7-24(25)27/h3-4,7-16,28H,2,5-6,17-19H2,1H3. The molecule has 0 spiro atoms. The summed E-state index contributed by atoms with van der Waals surface area (Å²) in [6.07, 6.45) is 3.73. The number of carbonyl (C=O) groups is 1. The van der Waals surface area contributed by atoms with Gasteiger partial charge in [-0.2, -0.15) is 0 Å². The Kier molecular flexibility index (Phi) is 7.17. The molecule has 0 unspecified atom stereocenters. The third kappa shape index (κ3) is 5.56. The maximum absolute atomic E-state index is 13.8. The molecule has 0 aliphatic carbocycles. The van der Waals surface area contributed by atoms with Gasteiger partial charge >= 0.3 is 0 Å². The lowest BCUT2D eigenvalue weighted by Crippen LogP contribution is -2.29. The van der Waals surface area contributed by atoms with Crippen LogP contribution in [0.15, 0.2) is 77.7 Å². The van der Waals surface area contributed by atoms with E-state index in [1.54, 1.807) is 18.0 Å². The molecule has 1 fully saturated rings. The molecule has 1 saturated heterocycles. The fourth-order valence-electron chi connectivity index (χ4n) is 4.05. The third-order valence-corrected chi connectivity index (χ3v) is 7.34. The number of benzene rings is 3. The summed E-state index contributed by atoms with van der Waals surface area (Å²) < 4.78 is 41.2. The van der Waals surface area contributed by atoms with Crippen LogP contribution in [-0.4, -0.2) is 39.4 Å². The van der Waals surface area contributed by atoms with Crippen LogP contribution in [-0.2, 0) is 16.6 Å². The first-order valence-corrected chi connectivity index (χ1v) is 12.8. The van der Waals surface area contributed by atoms with E-state index in [1.165, 1.54) is 67.4 Å². The van der Waals surface area contributed by atoms with Gasteiger partial charge in [-0.1, -0.05) is 24.3 Å². The van der Waals surface area contributed by atoms with Crippen molar-refractivity contribution in [3.63, 3.8) is 0 Å². The number of rotatable bonds is 7. The number of sulfonamides is 1. The second kappa shape index (κ2) is 10.3. The minimum atomic E-state index is -3.98. The lowest BCUT2D eigenvalue weighted by Gasteiger charge is -2.29. The molecule has 1 N–H and O–H groups in total. The molecule has 0 bridgehead atoms. The summed E-state index contributed by atoms with van der Waals surface area (Å²) in [4.78, 5) is 16.8. The smallest absolute Gasteiger partial charge is 0.261 e. The van der Waals surface area contributed by atoms with E-state index >= 15 is 0 Å². The van der Waals surface area contributed by atoms with E-state index in [0.717, 1.165) is 18.7 Å². The van der Waals surface area contributed by atoms with Crippen LogP contribution >= 0.6 is 0 Å². The number of anilines is 2. The molecule has 34 heavy (non-hydrogen) atoms. The van der Waals surface area contributed by atoms with Gasteiger partial charge in [-0.05, 0) is 73.4 Å². The lowest BCUT2D eigenvalue weighted by molar-refractivity contribution is 0.0785. The Morgan fingerprint density at radius 3 is 2.24 bits per heavy atom. The van der Waals surface area contributed by atoms with E-state index < -0.39 is 15.8 Å². The molecule has 0 atom stereocenters. The van der Waals surface area contributed by atoms with Gasteiger partial charge in [0.25, 0.3) is 15.9 Å². The van der Waals surface area contributed by atoms with Gasteiger partial charge in [0.15, 0.2) is 0 Å². The van der Waals surface area contributed by atoms with Crippen molar-refractivity contribution < 1.29 is 17.6 Å². The zero-order valence-corrected chi connectivity index (χ0v) is 19.9. The van der Waals surface area contributed by atoms with Crippen molar-refractivity contribution in [2.75, 3.05) is 29.8 Å². The quantitative estimate of drug-likeness (QED) is 0.522. The average Bonchev–Trinajstić information content (AvgIpc) is 2.86. The molecular formula is C26H28FN3O3S. The molecule has 3 aromatic rings. The maximum atomic E-state index is 13.8. The number of piperidine rings is 1. The van der Waals surface area contributed by atoms with E-state index in [4.69, 9.17) is 0 Å². The number of carbonyl (C=O) groups excluding carboxylic acids is 1. The number of amides is 1. The number of nitrogens with one attached hydrogen (secondary N) is 1. The zero-order chi connectivity index (χ0) is 24.1. The SMILES string of the molecule is CN(Cc1ccc(N2CCCCC2)cc1)C(=O)c1ccc(S(=O)(=O)Nc2ccccc2F)cc1. The highest BCUT2D eigenvalue weighted by Crippen LogP contribution is 2.22. The van der Waals surface area contributed by atoms with Gasteiger partial charge in [0.05, 0.1) is 10.6 Å². The summed E-state index contributed by atoms with van der Waals surface area (Å²) in [7, 11) is -2.27. The van der Waals surface area contributed by atoms with Crippen molar-refractivity contribution in [3.8, 4) is 0 Å². The van der Waals surface area contributed by atoms with Crippen LogP contribution < -0.4 is 9.62 Å². The molecule has 0 radical (unpaired) electrons. The van der Waals surface area contributed by atoms with Crippen LogP contribution in [0.25, 0.3) is 0 Å². The van der Waals surface area contributed by atoms with Crippen LogP contribution in [0, 0.1) is 5.82 Å². The highest BCUT2D eigenvalue weighted by atomic mass is 32.2. The molecule has 3 aromatic carbocycles. The molecule has 6 nitrogen and oxygen atoms in total. The predicted octanol–water partition coefficient (Wildman–Crippen LogP) is 4.89. The van der Waals surface area contributed by atoms with E-state index in [2.05, 4.69) is 21.8 Å². The number of para-hydroxylation sites is 1. The Labute approximate surface area is 200 Å². The molecule has 1 aliphatic rings. The van der Waals surface area contributed by atoms with Crippen molar-refractivity contribution in [1.82, 2.24) is 4.90 Å². The van der Waals surface area contributed by atoms with Gasteiger partial charge in [0.1, 0.15) is 5.82 Å². The summed E-state index contributed by atoms with van der Waals surface area (Å²) in [6.45, 7) is 2.60. The highest BCUT2D eigenvalue weighted by molar-refractivity contribution is 7.92. The molecular weight excluding hydrogens is 453 g/mol. The molecule has 1 aliphatic heterocycles. The van der Waals surface area contributed by atoms with E-state index in [0.29, 0.717) is 12.1 Å². The Morgan fingerprint density at radius 1 is 0.941 bits per heavy atom. The van der Waals surface area contributed by atoms with Crippen molar-refractivity contribution in [3.05, 3.63) is 89.7 Å². The van der Waals surface area contributed by atoms with Gasteiger partial charge in [-0.25, -0.2) is 12.8 Å². The van der Waals surface area contributed by atoms with Crippen molar-refractivity contribution in [2.45, 2.75) is 30.7 Å². The predicted molar refractivity (Wildman–Crippen MR) is 132 cm³/mol. The first-order chi connectivity index (χ1) is 16.3. The zero-order valence-electron chi connectivity index (χ0n) is 19.1. The van der Waals surface area contributed by atoms with Crippen molar-refractivity contribution in [1.29, 1.82) is 0 Å². The van der Waals surface area contributed by atoms with Crippen molar-refractivity contribution >= 4 is 27.3 Å². The van der Waals surface area contributed by atoms with Gasteiger partial charge < -0.3 is 9.80 Å². The fourth-order valence-corrected chi connectivity index (χ4v) is 5.12. The largest absolute Gasteiger partial charge is 0.372 e. The van der Waals surface area contributed by atoms with Crippen molar-refractivity contribution in [2.24, 2.45) is 0 Å². The molecule has 0 saturated carbocycles. The Bertz CT molecular complexity index is 1240. The average molecular weight is 482 g/mol. The number of halogens is 1. The monoisotopic (exact) mass is 481 g/mol. The summed E-state index contributed by atoms with van der Waals surface area (Å²) in [5.74, 6) is -0.880. The minimum absolute atomic E-state index is 0.0525. The lowest BCUT2D eigenvalue weighted by atomic mass is 10.1. The minimum Gasteiger partial charge on any atom is -0.372 e. The molecule has 0 aromatic heterocycles. The summed E-state index contributed by atoms with van der Waals surface area (Å²) in [5.41, 5.74) is 2.47. The molecule has 178 valence electrons. The Morgan fingerprint density at radius 2 is 1.59 bits per heavy atom. The number of nitrogens with zero attached hydrogens (tertiary/aromatic N) is 2. The molecule has 8 heteroatoms. The topological polar surface area (TPSA) is 69.7 Å². The fraction of sp³-hybridized carbons (Fsp3) is 0.269. The second-order valence-electron chi connectivity index (χ2n) is 8.49. The summed E-state index contributed by atoms with van der Waals surface area (Å²) in [5, 5.41) is 0. The van der Waals surface area contributed by atoms with Crippen LogP contribution in [0.2, 0.25) is 0 Å².